The molecule has 0 atom stereocenters. The fourth-order valence-electron chi connectivity index (χ4n) is 5.88. The molecule has 3 aliphatic rings. The standard InChI is InChI=1S/C28H32FN7O3/c1-4-36(17(2)3)27(37)20-7-18(29)5-6-23(20)39-24-12-31-15-33-25(24)35-13-28(14-35)8-19(9-28)38-26-21-10-30-11-22(21)32-16-34-26/h5-7,12,15-17,19,30H,4,8-11,13-14H2,1-3H3. The minimum absolute atomic E-state index is 0.0336. The van der Waals surface area contributed by atoms with Crippen LogP contribution in [-0.2, 0) is 13.1 Å². The van der Waals surface area contributed by atoms with E-state index in [1.165, 1.54) is 24.5 Å². The van der Waals surface area contributed by atoms with Crippen molar-refractivity contribution in [1.82, 2.24) is 30.2 Å². The molecule has 0 radical (unpaired) electrons. The maximum atomic E-state index is 14.2. The van der Waals surface area contributed by atoms with Crippen LogP contribution in [0.2, 0.25) is 0 Å². The Kier molecular flexibility index (Phi) is 6.54. The average molecular weight is 534 g/mol. The summed E-state index contributed by atoms with van der Waals surface area (Å²) in [6.45, 7) is 9.38. The zero-order valence-electron chi connectivity index (χ0n) is 22.4. The molecule has 1 amide bonds. The molecule has 6 rings (SSSR count). The van der Waals surface area contributed by atoms with E-state index >= 15 is 0 Å². The summed E-state index contributed by atoms with van der Waals surface area (Å²) in [5, 5.41) is 3.30. The summed E-state index contributed by atoms with van der Waals surface area (Å²) >= 11 is 0. The summed E-state index contributed by atoms with van der Waals surface area (Å²) in [5.74, 6) is 1.26. The minimum atomic E-state index is -0.496. The summed E-state index contributed by atoms with van der Waals surface area (Å²) in [7, 11) is 0. The molecule has 2 fully saturated rings. The van der Waals surface area contributed by atoms with E-state index in [0.717, 1.165) is 50.3 Å². The van der Waals surface area contributed by atoms with E-state index in [1.807, 2.05) is 20.8 Å². The number of fused-ring (bicyclic) bond motifs is 1. The van der Waals surface area contributed by atoms with Gasteiger partial charge in [0, 0.05) is 44.2 Å². The second-order valence-corrected chi connectivity index (χ2v) is 10.8. The summed E-state index contributed by atoms with van der Waals surface area (Å²) in [5.41, 5.74) is 2.41. The Labute approximate surface area is 226 Å². The molecule has 1 aromatic carbocycles. The molecule has 11 heteroatoms. The van der Waals surface area contributed by atoms with Crippen LogP contribution in [-0.4, -0.2) is 62.5 Å². The van der Waals surface area contributed by atoms with Crippen LogP contribution in [0.15, 0.2) is 37.1 Å². The largest absolute Gasteiger partial charge is 0.474 e. The number of ether oxygens (including phenoxy) is 2. The number of halogens is 1. The molecule has 1 saturated heterocycles. The Balaban J connectivity index is 1.13. The number of carbonyl (C=O) groups is 1. The number of nitrogens with zero attached hydrogens (tertiary/aromatic N) is 6. The Morgan fingerprint density at radius 3 is 2.77 bits per heavy atom. The zero-order chi connectivity index (χ0) is 27.1. The van der Waals surface area contributed by atoms with E-state index in [1.54, 1.807) is 17.4 Å². The Bertz CT molecular complexity index is 1390. The van der Waals surface area contributed by atoms with Gasteiger partial charge in [-0.3, -0.25) is 4.79 Å². The Morgan fingerprint density at radius 1 is 1.18 bits per heavy atom. The number of carbonyl (C=O) groups excluding carboxylic acids is 1. The summed E-state index contributed by atoms with van der Waals surface area (Å²) in [4.78, 5) is 34.4. The first-order valence-electron chi connectivity index (χ1n) is 13.4. The Hall–Kier alpha value is -3.86. The van der Waals surface area contributed by atoms with E-state index in [2.05, 4.69) is 30.2 Å². The molecule has 1 aliphatic carbocycles. The van der Waals surface area contributed by atoms with E-state index in [-0.39, 0.29) is 34.8 Å². The van der Waals surface area contributed by atoms with Crippen molar-refractivity contribution < 1.29 is 18.7 Å². The first-order chi connectivity index (χ1) is 18.9. The van der Waals surface area contributed by atoms with Gasteiger partial charge in [0.2, 0.25) is 5.88 Å². The maximum Gasteiger partial charge on any atom is 0.257 e. The summed E-state index contributed by atoms with van der Waals surface area (Å²) in [6, 6.07) is 3.96. The smallest absolute Gasteiger partial charge is 0.257 e. The van der Waals surface area contributed by atoms with Crippen molar-refractivity contribution in [1.29, 1.82) is 0 Å². The third-order valence-corrected chi connectivity index (χ3v) is 7.82. The van der Waals surface area contributed by atoms with Crippen molar-refractivity contribution in [2.75, 3.05) is 24.5 Å². The van der Waals surface area contributed by atoms with E-state index in [4.69, 9.17) is 9.47 Å². The number of nitrogens with one attached hydrogen (secondary N) is 1. The highest BCUT2D eigenvalue weighted by molar-refractivity contribution is 5.97. The van der Waals surface area contributed by atoms with Crippen LogP contribution in [0.25, 0.3) is 0 Å². The van der Waals surface area contributed by atoms with Gasteiger partial charge in [-0.15, -0.1) is 0 Å². The van der Waals surface area contributed by atoms with Crippen molar-refractivity contribution in [3.05, 3.63) is 59.7 Å². The molecule has 39 heavy (non-hydrogen) atoms. The van der Waals surface area contributed by atoms with E-state index in [0.29, 0.717) is 24.0 Å². The van der Waals surface area contributed by atoms with Gasteiger partial charge in [-0.25, -0.2) is 24.3 Å². The normalized spacial score (nSPS) is 17.5. The average Bonchev–Trinajstić information content (AvgIpc) is 3.36. The number of rotatable bonds is 8. The van der Waals surface area contributed by atoms with Crippen LogP contribution >= 0.6 is 0 Å². The topological polar surface area (TPSA) is 106 Å². The predicted molar refractivity (Wildman–Crippen MR) is 141 cm³/mol. The van der Waals surface area contributed by atoms with Gasteiger partial charge in [-0.1, -0.05) is 0 Å². The number of hydrogen-bond donors (Lipinski definition) is 1. The van der Waals surface area contributed by atoms with Crippen molar-refractivity contribution >= 4 is 11.7 Å². The lowest BCUT2D eigenvalue weighted by atomic mass is 9.61. The van der Waals surface area contributed by atoms with Gasteiger partial charge in [-0.05, 0) is 51.8 Å². The molecular formula is C28H32FN7O3. The Morgan fingerprint density at radius 2 is 2.00 bits per heavy atom. The molecular weight excluding hydrogens is 501 g/mol. The van der Waals surface area contributed by atoms with Gasteiger partial charge in [0.1, 0.15) is 30.3 Å². The number of aromatic nitrogens is 4. The van der Waals surface area contributed by atoms with Gasteiger partial charge >= 0.3 is 0 Å². The fourth-order valence-corrected chi connectivity index (χ4v) is 5.88. The van der Waals surface area contributed by atoms with Gasteiger partial charge < -0.3 is 24.6 Å². The molecule has 4 heterocycles. The number of amides is 1. The maximum absolute atomic E-state index is 14.2. The van der Waals surface area contributed by atoms with Gasteiger partial charge in [-0.2, -0.15) is 0 Å². The number of hydrogen-bond acceptors (Lipinski definition) is 9. The molecule has 204 valence electrons. The monoisotopic (exact) mass is 533 g/mol. The van der Waals surface area contributed by atoms with Crippen LogP contribution in [0.4, 0.5) is 10.2 Å². The molecule has 0 unspecified atom stereocenters. The molecule has 0 bridgehead atoms. The lowest BCUT2D eigenvalue weighted by Gasteiger charge is -2.58. The van der Waals surface area contributed by atoms with Crippen molar-refractivity contribution in [2.24, 2.45) is 5.41 Å². The number of anilines is 1. The minimum Gasteiger partial charge on any atom is -0.474 e. The lowest BCUT2D eigenvalue weighted by molar-refractivity contribution is -0.0369. The highest BCUT2D eigenvalue weighted by Gasteiger charge is 2.54. The molecule has 1 spiro atoms. The van der Waals surface area contributed by atoms with E-state index in [9.17, 15) is 9.18 Å². The SMILES string of the molecule is CCN(C(=O)c1cc(F)ccc1Oc1cncnc1N1CC2(CC(Oc3ncnc4c3CNC4)C2)C1)C(C)C. The zero-order valence-corrected chi connectivity index (χ0v) is 22.4. The first-order valence-corrected chi connectivity index (χ1v) is 13.4. The lowest BCUT2D eigenvalue weighted by Crippen LogP contribution is -2.65. The van der Waals surface area contributed by atoms with Crippen LogP contribution in [0.1, 0.15) is 55.2 Å². The molecule has 1 N–H and O–H groups in total. The second kappa shape index (κ2) is 10.0. The fraction of sp³-hybridized carbons (Fsp3) is 0.464. The highest BCUT2D eigenvalue weighted by atomic mass is 19.1. The van der Waals surface area contributed by atoms with Crippen molar-refractivity contribution in [3.63, 3.8) is 0 Å². The third kappa shape index (κ3) is 4.75. The van der Waals surface area contributed by atoms with Crippen molar-refractivity contribution in [3.8, 4) is 17.4 Å². The summed E-state index contributed by atoms with van der Waals surface area (Å²) < 4.78 is 26.6. The quantitative estimate of drug-likeness (QED) is 0.464. The molecule has 2 aromatic heterocycles. The van der Waals surface area contributed by atoms with Gasteiger partial charge in [0.15, 0.2) is 11.6 Å². The second-order valence-electron chi connectivity index (χ2n) is 10.8. The van der Waals surface area contributed by atoms with Gasteiger partial charge in [0.05, 0.1) is 23.0 Å². The van der Waals surface area contributed by atoms with Crippen LogP contribution < -0.4 is 19.7 Å². The highest BCUT2D eigenvalue weighted by Crippen LogP contribution is 2.52. The van der Waals surface area contributed by atoms with Crippen LogP contribution in [0.5, 0.6) is 17.4 Å². The third-order valence-electron chi connectivity index (χ3n) is 7.82. The predicted octanol–water partition coefficient (Wildman–Crippen LogP) is 3.72. The molecule has 1 saturated carbocycles. The van der Waals surface area contributed by atoms with Gasteiger partial charge in [0.25, 0.3) is 5.91 Å². The van der Waals surface area contributed by atoms with Crippen LogP contribution in [0.3, 0.4) is 0 Å². The van der Waals surface area contributed by atoms with Crippen molar-refractivity contribution in [2.45, 2.75) is 58.8 Å². The number of benzene rings is 1. The molecule has 2 aliphatic heterocycles. The first kappa shape index (κ1) is 25.4. The van der Waals surface area contributed by atoms with E-state index < -0.39 is 5.82 Å². The summed E-state index contributed by atoms with van der Waals surface area (Å²) in [6.07, 6.45) is 6.65. The molecule has 10 nitrogen and oxygen atoms in total. The van der Waals surface area contributed by atoms with Crippen LogP contribution in [0, 0.1) is 11.2 Å². The molecule has 3 aromatic rings.